The van der Waals surface area contributed by atoms with Crippen molar-refractivity contribution in [1.29, 1.82) is 5.26 Å². The maximum absolute atomic E-state index is 13.0. The lowest BCUT2D eigenvalue weighted by Crippen LogP contribution is -2.48. The molecule has 4 nitrogen and oxygen atoms in total. The lowest BCUT2D eigenvalue weighted by Gasteiger charge is -2.35. The average Bonchev–Trinajstić information content (AvgIpc) is 3.10. The van der Waals surface area contributed by atoms with E-state index in [-0.39, 0.29) is 5.82 Å². The van der Waals surface area contributed by atoms with Gasteiger partial charge in [-0.15, -0.1) is 0 Å². The molecule has 0 radical (unpaired) electrons. The first-order chi connectivity index (χ1) is 11.7. The number of hydrogen-bond acceptors (Lipinski definition) is 4. The first kappa shape index (κ1) is 16.6. The lowest BCUT2D eigenvalue weighted by atomic mass is 10.2. The minimum absolute atomic E-state index is 0.268. The standard InChI is InChI=1S/C18H18FN3OS/c19-15-4-2-14(3-5-15)16-6-7-17(23-16)18(24)22-12-10-21(11-13-22)9-1-8-20/h2-7H,1,9-13H2. The number of furan rings is 1. The van der Waals surface area contributed by atoms with Gasteiger partial charge in [-0.3, -0.25) is 4.90 Å². The van der Waals surface area contributed by atoms with Crippen molar-refractivity contribution >= 4 is 17.2 Å². The highest BCUT2D eigenvalue weighted by Gasteiger charge is 2.21. The van der Waals surface area contributed by atoms with Gasteiger partial charge < -0.3 is 9.32 Å². The van der Waals surface area contributed by atoms with Gasteiger partial charge in [0.2, 0.25) is 0 Å². The summed E-state index contributed by atoms with van der Waals surface area (Å²) in [6, 6.07) is 12.1. The molecule has 0 N–H and O–H groups in total. The maximum Gasteiger partial charge on any atom is 0.162 e. The van der Waals surface area contributed by atoms with E-state index in [9.17, 15) is 4.39 Å². The molecule has 0 unspecified atom stereocenters. The van der Waals surface area contributed by atoms with Gasteiger partial charge in [0.15, 0.2) is 5.76 Å². The van der Waals surface area contributed by atoms with Crippen molar-refractivity contribution in [3.8, 4) is 17.4 Å². The molecule has 1 saturated heterocycles. The van der Waals surface area contributed by atoms with Crippen LogP contribution in [-0.2, 0) is 0 Å². The smallest absolute Gasteiger partial charge is 0.162 e. The minimum atomic E-state index is -0.268. The van der Waals surface area contributed by atoms with Gasteiger partial charge in [0.05, 0.1) is 6.07 Å². The summed E-state index contributed by atoms with van der Waals surface area (Å²) in [6.45, 7) is 4.26. The highest BCUT2D eigenvalue weighted by atomic mass is 32.1. The molecule has 1 aliphatic heterocycles. The van der Waals surface area contributed by atoms with Gasteiger partial charge >= 0.3 is 0 Å². The van der Waals surface area contributed by atoms with Crippen LogP contribution in [0.4, 0.5) is 4.39 Å². The summed E-state index contributed by atoms with van der Waals surface area (Å²) in [5, 5.41) is 8.66. The van der Waals surface area contributed by atoms with E-state index in [1.54, 1.807) is 12.1 Å². The molecule has 3 rings (SSSR count). The van der Waals surface area contributed by atoms with E-state index < -0.39 is 0 Å². The second-order valence-electron chi connectivity index (χ2n) is 5.71. The van der Waals surface area contributed by atoms with E-state index in [2.05, 4.69) is 15.9 Å². The predicted molar refractivity (Wildman–Crippen MR) is 94.0 cm³/mol. The van der Waals surface area contributed by atoms with Crippen LogP contribution in [0.2, 0.25) is 0 Å². The van der Waals surface area contributed by atoms with Crippen LogP contribution < -0.4 is 0 Å². The van der Waals surface area contributed by atoms with E-state index >= 15 is 0 Å². The number of hydrogen-bond donors (Lipinski definition) is 0. The number of thiocarbonyl (C=S) groups is 1. The number of nitrogens with zero attached hydrogens (tertiary/aromatic N) is 3. The van der Waals surface area contributed by atoms with E-state index in [1.165, 1.54) is 12.1 Å². The average molecular weight is 343 g/mol. The monoisotopic (exact) mass is 343 g/mol. The number of rotatable bonds is 4. The molecule has 0 bridgehead atoms. The molecular weight excluding hydrogens is 325 g/mol. The van der Waals surface area contributed by atoms with Crippen molar-refractivity contribution < 1.29 is 8.81 Å². The van der Waals surface area contributed by atoms with E-state index in [1.807, 2.05) is 12.1 Å². The fourth-order valence-electron chi connectivity index (χ4n) is 2.76. The summed E-state index contributed by atoms with van der Waals surface area (Å²) in [6.07, 6.45) is 0.559. The third-order valence-corrected chi connectivity index (χ3v) is 4.60. The van der Waals surface area contributed by atoms with Gasteiger partial charge in [0.25, 0.3) is 0 Å². The van der Waals surface area contributed by atoms with Gasteiger partial charge in [-0.2, -0.15) is 5.26 Å². The molecule has 1 fully saturated rings. The third kappa shape index (κ3) is 3.81. The Bertz CT molecular complexity index is 742. The fraction of sp³-hybridized carbons (Fsp3) is 0.333. The molecule has 0 aliphatic carbocycles. The largest absolute Gasteiger partial charge is 0.454 e. The summed E-state index contributed by atoms with van der Waals surface area (Å²) in [7, 11) is 0. The molecular formula is C18H18FN3OS. The highest BCUT2D eigenvalue weighted by Crippen LogP contribution is 2.23. The van der Waals surface area contributed by atoms with Gasteiger partial charge in [-0.1, -0.05) is 12.2 Å². The molecule has 1 aromatic heterocycles. The number of piperazine rings is 1. The van der Waals surface area contributed by atoms with Crippen LogP contribution >= 0.6 is 12.2 Å². The number of halogens is 1. The molecule has 0 spiro atoms. The molecule has 1 aliphatic rings. The molecule has 2 aromatic rings. The molecule has 2 heterocycles. The van der Waals surface area contributed by atoms with Gasteiger partial charge in [-0.05, 0) is 36.4 Å². The van der Waals surface area contributed by atoms with Crippen LogP contribution in [0.1, 0.15) is 12.2 Å². The summed E-state index contributed by atoms with van der Waals surface area (Å²) in [5.41, 5.74) is 0.826. The third-order valence-electron chi connectivity index (χ3n) is 4.14. The summed E-state index contributed by atoms with van der Waals surface area (Å²) < 4.78 is 18.9. The zero-order valence-electron chi connectivity index (χ0n) is 13.2. The Morgan fingerprint density at radius 3 is 2.50 bits per heavy atom. The Hall–Kier alpha value is -2.23. The maximum atomic E-state index is 13.0. The van der Waals surface area contributed by atoms with Gasteiger partial charge in [-0.25, -0.2) is 4.39 Å². The Kier molecular flexibility index (Phi) is 5.24. The Morgan fingerprint density at radius 2 is 1.83 bits per heavy atom. The normalized spacial score (nSPS) is 15.2. The zero-order chi connectivity index (χ0) is 16.9. The minimum Gasteiger partial charge on any atom is -0.454 e. The number of benzene rings is 1. The van der Waals surface area contributed by atoms with Crippen molar-refractivity contribution in [2.45, 2.75) is 6.42 Å². The Morgan fingerprint density at radius 1 is 1.12 bits per heavy atom. The second-order valence-corrected chi connectivity index (χ2v) is 6.10. The van der Waals surface area contributed by atoms with Crippen LogP contribution in [-0.4, -0.2) is 47.5 Å². The van der Waals surface area contributed by atoms with E-state index in [0.29, 0.717) is 22.9 Å². The molecule has 6 heteroatoms. The first-order valence-corrected chi connectivity index (χ1v) is 8.32. The Balaban J connectivity index is 1.62. The topological polar surface area (TPSA) is 43.4 Å². The van der Waals surface area contributed by atoms with Crippen molar-refractivity contribution in [2.24, 2.45) is 0 Å². The van der Waals surface area contributed by atoms with Crippen LogP contribution in [0.25, 0.3) is 11.3 Å². The van der Waals surface area contributed by atoms with Crippen LogP contribution in [0.15, 0.2) is 40.8 Å². The van der Waals surface area contributed by atoms with Crippen molar-refractivity contribution in [3.63, 3.8) is 0 Å². The van der Waals surface area contributed by atoms with E-state index in [0.717, 1.165) is 38.3 Å². The molecule has 124 valence electrons. The SMILES string of the molecule is N#CCCN1CCN(C(=S)c2ccc(-c3ccc(F)cc3)o2)CC1. The highest BCUT2D eigenvalue weighted by molar-refractivity contribution is 7.80. The first-order valence-electron chi connectivity index (χ1n) is 7.92. The molecule has 0 atom stereocenters. The van der Waals surface area contributed by atoms with Crippen molar-refractivity contribution in [2.75, 3.05) is 32.7 Å². The van der Waals surface area contributed by atoms with Gasteiger partial charge in [0, 0.05) is 44.7 Å². The van der Waals surface area contributed by atoms with E-state index in [4.69, 9.17) is 21.9 Å². The molecule has 0 amide bonds. The molecule has 0 saturated carbocycles. The van der Waals surface area contributed by atoms with Gasteiger partial charge in [0.1, 0.15) is 16.6 Å². The zero-order valence-corrected chi connectivity index (χ0v) is 14.1. The lowest BCUT2D eigenvalue weighted by molar-refractivity contribution is 0.186. The van der Waals surface area contributed by atoms with Crippen LogP contribution in [0.5, 0.6) is 0 Å². The van der Waals surface area contributed by atoms with Crippen LogP contribution in [0, 0.1) is 17.1 Å². The predicted octanol–water partition coefficient (Wildman–Crippen LogP) is 3.29. The fourth-order valence-corrected chi connectivity index (χ4v) is 3.05. The summed E-state index contributed by atoms with van der Waals surface area (Å²) >= 11 is 5.55. The molecule has 1 aromatic carbocycles. The molecule has 24 heavy (non-hydrogen) atoms. The number of nitriles is 1. The Labute approximate surface area is 146 Å². The second kappa shape index (κ2) is 7.56. The summed E-state index contributed by atoms with van der Waals surface area (Å²) in [5.74, 6) is 1.07. The van der Waals surface area contributed by atoms with Crippen molar-refractivity contribution in [1.82, 2.24) is 9.80 Å². The van der Waals surface area contributed by atoms with Crippen LogP contribution in [0.3, 0.4) is 0 Å². The quantitative estimate of drug-likeness (QED) is 0.797. The summed E-state index contributed by atoms with van der Waals surface area (Å²) in [4.78, 5) is 5.10. The van der Waals surface area contributed by atoms with Crippen molar-refractivity contribution in [3.05, 3.63) is 48.0 Å².